The van der Waals surface area contributed by atoms with E-state index in [0.29, 0.717) is 0 Å². The van der Waals surface area contributed by atoms with Crippen molar-refractivity contribution >= 4 is 8.80 Å². The van der Waals surface area contributed by atoms with Crippen LogP contribution in [0.1, 0.15) is 38.5 Å². The van der Waals surface area contributed by atoms with Gasteiger partial charge in [0, 0.05) is 6.54 Å². The molecule has 0 saturated carbocycles. The summed E-state index contributed by atoms with van der Waals surface area (Å²) in [5.41, 5.74) is 0. The highest BCUT2D eigenvalue weighted by Gasteiger charge is 2.10. The molecule has 0 atom stereocenters. The molecule has 1 aliphatic heterocycles. The Bertz CT molecular complexity index is 179. The van der Waals surface area contributed by atoms with Crippen LogP contribution in [0.3, 0.4) is 0 Å². The van der Waals surface area contributed by atoms with Crippen LogP contribution < -0.4 is 0 Å². The van der Waals surface area contributed by atoms with Crippen molar-refractivity contribution in [2.45, 2.75) is 51.6 Å². The lowest BCUT2D eigenvalue weighted by Gasteiger charge is -2.23. The van der Waals surface area contributed by atoms with E-state index in [4.69, 9.17) is 0 Å². The highest BCUT2D eigenvalue weighted by molar-refractivity contribution is 6.63. The second-order valence-electron chi connectivity index (χ2n) is 5.21. The zero-order valence-electron chi connectivity index (χ0n) is 10.6. The Labute approximate surface area is 97.2 Å². The number of rotatable bonds is 3. The van der Waals surface area contributed by atoms with Crippen LogP contribution in [0, 0.1) is 0 Å². The summed E-state index contributed by atoms with van der Waals surface area (Å²) in [7, 11) is -0.609. The van der Waals surface area contributed by atoms with Crippen LogP contribution in [-0.4, -0.2) is 33.3 Å². The Kier molecular flexibility index (Phi) is 6.26. The van der Waals surface area contributed by atoms with Crippen molar-refractivity contribution in [1.29, 1.82) is 0 Å². The van der Waals surface area contributed by atoms with Gasteiger partial charge >= 0.3 is 0 Å². The predicted octanol–water partition coefficient (Wildman–Crippen LogP) is 3.22. The number of nitrogens with zero attached hydrogens (tertiary/aromatic N) is 1. The van der Waals surface area contributed by atoms with Crippen molar-refractivity contribution in [2.24, 2.45) is 0 Å². The summed E-state index contributed by atoms with van der Waals surface area (Å²) in [5, 5.41) is 1.54. The molecule has 1 rings (SSSR count). The molecule has 0 aromatic carbocycles. The summed E-state index contributed by atoms with van der Waals surface area (Å²) in [6.07, 6.45) is 8.56. The number of hydrogen-bond acceptors (Lipinski definition) is 1. The molecule has 1 nitrogen and oxygen atoms in total. The zero-order chi connectivity index (χ0) is 11.1. The van der Waals surface area contributed by atoms with Crippen molar-refractivity contribution in [3.05, 3.63) is 11.8 Å². The van der Waals surface area contributed by atoms with Crippen molar-refractivity contribution in [3.8, 4) is 0 Å². The van der Waals surface area contributed by atoms with Gasteiger partial charge in [-0.2, -0.15) is 0 Å². The first-order chi connectivity index (χ1) is 7.20. The van der Waals surface area contributed by atoms with Crippen LogP contribution in [0.25, 0.3) is 0 Å². The van der Waals surface area contributed by atoms with Gasteiger partial charge in [-0.1, -0.05) is 44.0 Å². The first kappa shape index (κ1) is 13.0. The minimum absolute atomic E-state index is 0.609. The highest BCUT2D eigenvalue weighted by atomic mass is 28.3. The fourth-order valence-electron chi connectivity index (χ4n) is 2.12. The largest absolute Gasteiger partial charge is 0.300 e. The standard InChI is InChI=1S/C13H27NSi/c1-13(15(2)3)12-14-10-8-6-4-5-7-9-11-14/h15H,1,4-12H2,2-3H3. The Balaban J connectivity index is 2.33. The van der Waals surface area contributed by atoms with Gasteiger partial charge in [0.25, 0.3) is 0 Å². The molecular formula is C13H27NSi. The summed E-state index contributed by atoms with van der Waals surface area (Å²) in [6, 6.07) is 0. The quantitative estimate of drug-likeness (QED) is 0.667. The molecule has 0 N–H and O–H groups in total. The van der Waals surface area contributed by atoms with E-state index >= 15 is 0 Å². The Hall–Kier alpha value is -0.0831. The van der Waals surface area contributed by atoms with Gasteiger partial charge < -0.3 is 0 Å². The number of hydrogen-bond donors (Lipinski definition) is 0. The van der Waals surface area contributed by atoms with Gasteiger partial charge in [0.2, 0.25) is 0 Å². The van der Waals surface area contributed by atoms with E-state index in [0.717, 1.165) is 0 Å². The summed E-state index contributed by atoms with van der Waals surface area (Å²) in [4.78, 5) is 2.64. The van der Waals surface area contributed by atoms with Gasteiger partial charge in [0.15, 0.2) is 0 Å². The maximum Gasteiger partial charge on any atom is 0.0604 e. The molecular weight excluding hydrogens is 198 g/mol. The van der Waals surface area contributed by atoms with E-state index in [-0.39, 0.29) is 0 Å². The molecule has 2 heteroatoms. The third-order valence-electron chi connectivity index (χ3n) is 3.44. The van der Waals surface area contributed by atoms with Gasteiger partial charge in [-0.3, -0.25) is 4.90 Å². The van der Waals surface area contributed by atoms with Crippen molar-refractivity contribution < 1.29 is 0 Å². The van der Waals surface area contributed by atoms with E-state index in [1.807, 2.05) is 0 Å². The Morgan fingerprint density at radius 2 is 1.47 bits per heavy atom. The lowest BCUT2D eigenvalue weighted by Crippen LogP contribution is -2.30. The second-order valence-corrected chi connectivity index (χ2v) is 8.34. The van der Waals surface area contributed by atoms with E-state index in [9.17, 15) is 0 Å². The SMILES string of the molecule is C=C(CN1CCCCCCCC1)[SiH](C)C. The first-order valence-electron chi connectivity index (χ1n) is 6.60. The average Bonchev–Trinajstić information content (AvgIpc) is 2.31. The Morgan fingerprint density at radius 1 is 1.00 bits per heavy atom. The normalized spacial score (nSPS) is 20.7. The second kappa shape index (κ2) is 7.23. The van der Waals surface area contributed by atoms with Gasteiger partial charge in [-0.25, -0.2) is 0 Å². The average molecular weight is 225 g/mol. The zero-order valence-corrected chi connectivity index (χ0v) is 11.8. The Morgan fingerprint density at radius 3 is 1.93 bits per heavy atom. The summed E-state index contributed by atoms with van der Waals surface area (Å²) in [5.74, 6) is 0. The van der Waals surface area contributed by atoms with Gasteiger partial charge in [-0.05, 0) is 25.9 Å². The van der Waals surface area contributed by atoms with E-state index in [2.05, 4.69) is 24.6 Å². The lowest BCUT2D eigenvalue weighted by atomic mass is 10.1. The van der Waals surface area contributed by atoms with Crippen LogP contribution in [-0.2, 0) is 0 Å². The monoisotopic (exact) mass is 225 g/mol. The minimum Gasteiger partial charge on any atom is -0.300 e. The fraction of sp³-hybridized carbons (Fsp3) is 0.846. The molecule has 1 heterocycles. The molecule has 1 saturated heterocycles. The van der Waals surface area contributed by atoms with Gasteiger partial charge in [0.05, 0.1) is 8.80 Å². The molecule has 15 heavy (non-hydrogen) atoms. The summed E-state index contributed by atoms with van der Waals surface area (Å²) >= 11 is 0. The molecule has 0 spiro atoms. The van der Waals surface area contributed by atoms with Gasteiger partial charge in [0.1, 0.15) is 0 Å². The van der Waals surface area contributed by atoms with Crippen molar-refractivity contribution in [3.63, 3.8) is 0 Å². The molecule has 1 fully saturated rings. The molecule has 1 aliphatic rings. The first-order valence-corrected chi connectivity index (χ1v) is 9.49. The molecule has 0 aliphatic carbocycles. The third-order valence-corrected chi connectivity index (χ3v) is 5.26. The maximum atomic E-state index is 4.25. The van der Waals surface area contributed by atoms with Crippen LogP contribution >= 0.6 is 0 Å². The maximum absolute atomic E-state index is 4.25. The smallest absolute Gasteiger partial charge is 0.0604 e. The topological polar surface area (TPSA) is 3.24 Å². The molecule has 0 aromatic rings. The lowest BCUT2D eigenvalue weighted by molar-refractivity contribution is 0.294. The molecule has 0 amide bonds. The van der Waals surface area contributed by atoms with Crippen LogP contribution in [0.2, 0.25) is 13.1 Å². The van der Waals surface area contributed by atoms with E-state index in [1.165, 1.54) is 63.4 Å². The third kappa shape index (κ3) is 5.52. The van der Waals surface area contributed by atoms with E-state index in [1.54, 1.807) is 0 Å². The highest BCUT2D eigenvalue weighted by Crippen LogP contribution is 2.12. The summed E-state index contributed by atoms with van der Waals surface area (Å²) < 4.78 is 0. The van der Waals surface area contributed by atoms with Crippen molar-refractivity contribution in [2.75, 3.05) is 19.6 Å². The summed E-state index contributed by atoms with van der Waals surface area (Å²) in [6.45, 7) is 12.8. The van der Waals surface area contributed by atoms with Crippen LogP contribution in [0.15, 0.2) is 11.8 Å². The van der Waals surface area contributed by atoms with Gasteiger partial charge in [-0.15, -0.1) is 6.58 Å². The van der Waals surface area contributed by atoms with Crippen LogP contribution in [0.5, 0.6) is 0 Å². The molecule has 88 valence electrons. The van der Waals surface area contributed by atoms with Crippen LogP contribution in [0.4, 0.5) is 0 Å². The predicted molar refractivity (Wildman–Crippen MR) is 72.2 cm³/mol. The van der Waals surface area contributed by atoms with Crippen molar-refractivity contribution in [1.82, 2.24) is 4.90 Å². The molecule has 0 radical (unpaired) electrons. The molecule has 0 bridgehead atoms. The molecule has 0 aromatic heterocycles. The molecule has 0 unspecified atom stereocenters. The minimum atomic E-state index is -0.609. The fourth-order valence-corrected chi connectivity index (χ4v) is 2.74. The van der Waals surface area contributed by atoms with E-state index < -0.39 is 8.80 Å².